The van der Waals surface area contributed by atoms with Crippen LogP contribution in [0.2, 0.25) is 0 Å². The van der Waals surface area contributed by atoms with E-state index < -0.39 is 0 Å². The van der Waals surface area contributed by atoms with Crippen molar-refractivity contribution in [3.8, 4) is 0 Å². The third-order valence-electron chi connectivity index (χ3n) is 2.16. The van der Waals surface area contributed by atoms with Crippen LogP contribution in [0.4, 0.5) is 0 Å². The maximum Gasteiger partial charge on any atom is 0.162 e. The van der Waals surface area contributed by atoms with Gasteiger partial charge in [0.15, 0.2) is 5.76 Å². The molecule has 0 saturated carbocycles. The zero-order valence-corrected chi connectivity index (χ0v) is 10.5. The van der Waals surface area contributed by atoms with E-state index in [2.05, 4.69) is 15.8 Å². The minimum Gasteiger partial charge on any atom is -0.383 e. The van der Waals surface area contributed by atoms with Gasteiger partial charge in [0.1, 0.15) is 6.61 Å². The Hall–Kier alpha value is -0.950. The van der Waals surface area contributed by atoms with E-state index in [0.717, 1.165) is 37.7 Å². The molecule has 1 heterocycles. The highest BCUT2D eigenvalue weighted by molar-refractivity contribution is 5.04. The highest BCUT2D eigenvalue weighted by Crippen LogP contribution is 2.03. The number of methoxy groups -OCH3 is 2. The van der Waals surface area contributed by atoms with Gasteiger partial charge in [-0.1, -0.05) is 5.16 Å². The summed E-state index contributed by atoms with van der Waals surface area (Å²) >= 11 is 0. The summed E-state index contributed by atoms with van der Waals surface area (Å²) in [4.78, 5) is 0. The summed E-state index contributed by atoms with van der Waals surface area (Å²) in [6.45, 7) is 4.58. The number of rotatable bonds is 10. The van der Waals surface area contributed by atoms with Gasteiger partial charge in [0.05, 0.1) is 12.3 Å². The summed E-state index contributed by atoms with van der Waals surface area (Å²) in [6, 6.07) is 1.90. The highest BCUT2D eigenvalue weighted by Gasteiger charge is 2.02. The first-order valence-electron chi connectivity index (χ1n) is 5.70. The Morgan fingerprint density at radius 3 is 2.76 bits per heavy atom. The second-order valence-corrected chi connectivity index (χ2v) is 3.64. The monoisotopic (exact) mass is 243 g/mol. The second-order valence-electron chi connectivity index (χ2n) is 3.64. The van der Waals surface area contributed by atoms with Crippen molar-refractivity contribution in [1.82, 2.24) is 15.8 Å². The number of aromatic nitrogens is 1. The molecule has 17 heavy (non-hydrogen) atoms. The Balaban J connectivity index is 2.01. The molecule has 0 aromatic carbocycles. The van der Waals surface area contributed by atoms with Crippen molar-refractivity contribution < 1.29 is 14.0 Å². The number of hydrogen-bond donors (Lipinski definition) is 2. The van der Waals surface area contributed by atoms with Crippen LogP contribution in [0.15, 0.2) is 10.6 Å². The molecule has 0 spiro atoms. The summed E-state index contributed by atoms with van der Waals surface area (Å²) in [6.07, 6.45) is 0. The Kier molecular flexibility index (Phi) is 7.57. The molecule has 0 aliphatic carbocycles. The molecule has 0 aliphatic rings. The second kappa shape index (κ2) is 9.12. The summed E-state index contributed by atoms with van der Waals surface area (Å²) < 4.78 is 14.9. The van der Waals surface area contributed by atoms with Gasteiger partial charge in [0.2, 0.25) is 0 Å². The Bertz CT molecular complexity index is 291. The minimum atomic E-state index is 0.464. The summed E-state index contributed by atoms with van der Waals surface area (Å²) in [5, 5.41) is 10.4. The van der Waals surface area contributed by atoms with Crippen LogP contribution in [0.3, 0.4) is 0 Å². The molecule has 0 aliphatic heterocycles. The molecule has 6 nitrogen and oxygen atoms in total. The zero-order valence-electron chi connectivity index (χ0n) is 10.5. The summed E-state index contributed by atoms with van der Waals surface area (Å²) in [5.74, 6) is 0.752. The Labute approximate surface area is 102 Å². The Morgan fingerprint density at radius 2 is 2.00 bits per heavy atom. The predicted molar refractivity (Wildman–Crippen MR) is 63.7 cm³/mol. The van der Waals surface area contributed by atoms with Gasteiger partial charge in [-0.25, -0.2) is 0 Å². The van der Waals surface area contributed by atoms with E-state index in [-0.39, 0.29) is 0 Å². The number of nitrogens with zero attached hydrogens (tertiary/aromatic N) is 1. The predicted octanol–water partition coefficient (Wildman–Crippen LogP) is 0.147. The molecule has 0 unspecified atom stereocenters. The minimum absolute atomic E-state index is 0.464. The average molecular weight is 243 g/mol. The molecule has 0 radical (unpaired) electrons. The van der Waals surface area contributed by atoms with Crippen molar-refractivity contribution >= 4 is 0 Å². The molecular formula is C11H21N3O3. The fourth-order valence-corrected chi connectivity index (χ4v) is 1.34. The van der Waals surface area contributed by atoms with Gasteiger partial charge in [-0.15, -0.1) is 0 Å². The van der Waals surface area contributed by atoms with Crippen LogP contribution in [0.5, 0.6) is 0 Å². The highest BCUT2D eigenvalue weighted by atomic mass is 16.5. The van der Waals surface area contributed by atoms with Gasteiger partial charge in [-0.2, -0.15) is 0 Å². The summed E-state index contributed by atoms with van der Waals surface area (Å²) in [7, 11) is 3.33. The first kappa shape index (κ1) is 14.1. The molecule has 6 heteroatoms. The first-order chi connectivity index (χ1) is 8.36. The Morgan fingerprint density at radius 1 is 1.18 bits per heavy atom. The van der Waals surface area contributed by atoms with Gasteiger partial charge >= 0.3 is 0 Å². The van der Waals surface area contributed by atoms with Crippen molar-refractivity contribution in [2.45, 2.75) is 13.2 Å². The standard InChI is InChI=1S/C11H21N3O3/c1-15-6-5-12-3-4-13-8-10-7-11(9-16-2)17-14-10/h7,12-13H,3-6,8-9H2,1-2H3. The van der Waals surface area contributed by atoms with Crippen LogP contribution < -0.4 is 10.6 Å². The van der Waals surface area contributed by atoms with Crippen LogP contribution in [0, 0.1) is 0 Å². The fraction of sp³-hybridized carbons (Fsp3) is 0.727. The topological polar surface area (TPSA) is 68.5 Å². The van der Waals surface area contributed by atoms with E-state index in [1.54, 1.807) is 14.2 Å². The average Bonchev–Trinajstić information content (AvgIpc) is 2.76. The molecule has 2 N–H and O–H groups in total. The molecule has 1 aromatic rings. The van der Waals surface area contributed by atoms with E-state index in [1.165, 1.54) is 0 Å². The lowest BCUT2D eigenvalue weighted by molar-refractivity contribution is 0.155. The van der Waals surface area contributed by atoms with Gasteiger partial charge in [-0.3, -0.25) is 0 Å². The van der Waals surface area contributed by atoms with Crippen molar-refractivity contribution in [3.63, 3.8) is 0 Å². The van der Waals surface area contributed by atoms with Crippen LogP contribution in [0.25, 0.3) is 0 Å². The first-order valence-corrected chi connectivity index (χ1v) is 5.70. The molecule has 0 bridgehead atoms. The smallest absolute Gasteiger partial charge is 0.162 e. The molecule has 0 atom stereocenters. The van der Waals surface area contributed by atoms with Gasteiger partial charge in [0, 0.05) is 46.5 Å². The lowest BCUT2D eigenvalue weighted by Crippen LogP contribution is -2.29. The van der Waals surface area contributed by atoms with E-state index in [1.807, 2.05) is 6.07 Å². The zero-order chi connectivity index (χ0) is 12.3. The van der Waals surface area contributed by atoms with Crippen molar-refractivity contribution in [3.05, 3.63) is 17.5 Å². The van der Waals surface area contributed by atoms with Gasteiger partial charge in [-0.05, 0) is 0 Å². The molecule has 0 fully saturated rings. The summed E-state index contributed by atoms with van der Waals surface area (Å²) in [5.41, 5.74) is 0.897. The number of hydrogen-bond acceptors (Lipinski definition) is 6. The van der Waals surface area contributed by atoms with E-state index in [0.29, 0.717) is 13.2 Å². The van der Waals surface area contributed by atoms with Crippen LogP contribution in [-0.4, -0.2) is 45.6 Å². The lowest BCUT2D eigenvalue weighted by Gasteiger charge is -2.04. The van der Waals surface area contributed by atoms with E-state index in [4.69, 9.17) is 14.0 Å². The van der Waals surface area contributed by atoms with Gasteiger partial charge < -0.3 is 24.6 Å². The van der Waals surface area contributed by atoms with Crippen LogP contribution in [-0.2, 0) is 22.6 Å². The van der Waals surface area contributed by atoms with E-state index in [9.17, 15) is 0 Å². The molecule has 98 valence electrons. The lowest BCUT2D eigenvalue weighted by atomic mass is 10.3. The van der Waals surface area contributed by atoms with Crippen LogP contribution >= 0.6 is 0 Å². The normalized spacial score (nSPS) is 10.9. The molecular weight excluding hydrogens is 222 g/mol. The molecule has 1 aromatic heterocycles. The molecule has 1 rings (SSSR count). The van der Waals surface area contributed by atoms with E-state index >= 15 is 0 Å². The molecule has 0 saturated heterocycles. The van der Waals surface area contributed by atoms with Crippen LogP contribution in [0.1, 0.15) is 11.5 Å². The third-order valence-corrected chi connectivity index (χ3v) is 2.16. The largest absolute Gasteiger partial charge is 0.383 e. The van der Waals surface area contributed by atoms with Crippen molar-refractivity contribution in [2.75, 3.05) is 40.5 Å². The number of ether oxygens (including phenoxy) is 2. The van der Waals surface area contributed by atoms with Crippen molar-refractivity contribution in [2.24, 2.45) is 0 Å². The third kappa shape index (κ3) is 6.38. The molecule has 0 amide bonds. The van der Waals surface area contributed by atoms with Gasteiger partial charge in [0.25, 0.3) is 0 Å². The number of nitrogens with one attached hydrogen (secondary N) is 2. The van der Waals surface area contributed by atoms with Crippen molar-refractivity contribution in [1.29, 1.82) is 0 Å². The fourth-order valence-electron chi connectivity index (χ4n) is 1.34. The SMILES string of the molecule is COCCNCCNCc1cc(COC)on1. The quantitative estimate of drug-likeness (QED) is 0.570. The maximum atomic E-state index is 5.07. The maximum absolute atomic E-state index is 5.07.